The predicted octanol–water partition coefficient (Wildman–Crippen LogP) is 3.87. The molecule has 0 aromatic heterocycles. The van der Waals surface area contributed by atoms with Gasteiger partial charge in [-0.3, -0.25) is 4.79 Å². The Morgan fingerprint density at radius 3 is 2.86 bits per heavy atom. The molecule has 0 radical (unpaired) electrons. The highest BCUT2D eigenvalue weighted by molar-refractivity contribution is 6.35. The minimum atomic E-state index is 0.219. The predicted molar refractivity (Wildman–Crippen MR) is 87.8 cm³/mol. The molecule has 0 bridgehead atoms. The molecule has 5 heteroatoms. The summed E-state index contributed by atoms with van der Waals surface area (Å²) in [5.41, 5.74) is 0.956. The number of carbonyl (C=O) groups is 1. The van der Waals surface area contributed by atoms with E-state index in [1.807, 2.05) is 17.0 Å². The van der Waals surface area contributed by atoms with Crippen LogP contribution < -0.4 is 5.32 Å². The number of carbonyl (C=O) groups excluding carboxylic acids is 1. The van der Waals surface area contributed by atoms with Crippen LogP contribution in [0.15, 0.2) is 18.2 Å². The highest BCUT2D eigenvalue weighted by atomic mass is 35.5. The summed E-state index contributed by atoms with van der Waals surface area (Å²) in [6, 6.07) is 5.73. The minimum absolute atomic E-state index is 0.219. The second-order valence-corrected chi connectivity index (χ2v) is 6.35. The molecule has 1 heterocycles. The van der Waals surface area contributed by atoms with Crippen molar-refractivity contribution < 1.29 is 4.79 Å². The van der Waals surface area contributed by atoms with Crippen LogP contribution in [-0.4, -0.2) is 29.9 Å². The van der Waals surface area contributed by atoms with Gasteiger partial charge in [0.1, 0.15) is 0 Å². The summed E-state index contributed by atoms with van der Waals surface area (Å²) in [6.07, 6.45) is 3.58. The number of hydrogen-bond donors (Lipinski definition) is 1. The van der Waals surface area contributed by atoms with Crippen LogP contribution in [0, 0.1) is 0 Å². The number of halogens is 2. The number of hydrogen-bond acceptors (Lipinski definition) is 2. The molecule has 2 rings (SSSR count). The molecule has 3 nitrogen and oxygen atoms in total. The molecule has 116 valence electrons. The van der Waals surface area contributed by atoms with E-state index in [0.717, 1.165) is 37.9 Å². The third kappa shape index (κ3) is 4.60. The van der Waals surface area contributed by atoms with Crippen LogP contribution in [0.5, 0.6) is 0 Å². The van der Waals surface area contributed by atoms with Gasteiger partial charge in [0, 0.05) is 35.6 Å². The van der Waals surface area contributed by atoms with E-state index in [2.05, 4.69) is 12.2 Å². The molecule has 0 unspecified atom stereocenters. The molecule has 1 atom stereocenters. The first-order valence-corrected chi connectivity index (χ1v) is 8.31. The van der Waals surface area contributed by atoms with Crippen molar-refractivity contribution in [3.05, 3.63) is 33.8 Å². The number of nitrogens with zero attached hydrogens (tertiary/aromatic N) is 1. The van der Waals surface area contributed by atoms with Gasteiger partial charge < -0.3 is 10.2 Å². The summed E-state index contributed by atoms with van der Waals surface area (Å²) in [5.74, 6) is 0.219. The molecular weight excluding hydrogens is 307 g/mol. The fourth-order valence-electron chi connectivity index (χ4n) is 2.63. The Morgan fingerprint density at radius 2 is 2.24 bits per heavy atom. The van der Waals surface area contributed by atoms with Crippen LogP contribution in [0.2, 0.25) is 10.0 Å². The molecule has 0 aliphatic carbocycles. The van der Waals surface area contributed by atoms with E-state index in [1.54, 1.807) is 6.07 Å². The van der Waals surface area contributed by atoms with E-state index in [9.17, 15) is 4.79 Å². The molecule has 1 aliphatic heterocycles. The van der Waals surface area contributed by atoms with Crippen molar-refractivity contribution in [3.8, 4) is 0 Å². The smallest absolute Gasteiger partial charge is 0.223 e. The number of benzene rings is 1. The van der Waals surface area contributed by atoms with E-state index in [-0.39, 0.29) is 11.9 Å². The van der Waals surface area contributed by atoms with Crippen molar-refractivity contribution in [1.29, 1.82) is 0 Å². The van der Waals surface area contributed by atoms with E-state index < -0.39 is 0 Å². The lowest BCUT2D eigenvalue weighted by molar-refractivity contribution is -0.134. The third-order valence-corrected chi connectivity index (χ3v) is 4.48. The Bertz CT molecular complexity index is 487. The fraction of sp³-hybridized carbons (Fsp3) is 0.562. The van der Waals surface area contributed by atoms with Crippen molar-refractivity contribution in [2.45, 2.75) is 45.2 Å². The van der Waals surface area contributed by atoms with Gasteiger partial charge >= 0.3 is 0 Å². The summed E-state index contributed by atoms with van der Waals surface area (Å²) < 4.78 is 0. The lowest BCUT2D eigenvalue weighted by atomic mass is 10.1. The summed E-state index contributed by atoms with van der Waals surface area (Å²) in [4.78, 5) is 14.5. The molecule has 1 aromatic rings. The second-order valence-electron chi connectivity index (χ2n) is 5.51. The zero-order valence-corrected chi connectivity index (χ0v) is 13.9. The number of nitrogens with one attached hydrogen (secondary N) is 1. The summed E-state index contributed by atoms with van der Waals surface area (Å²) >= 11 is 12.2. The topological polar surface area (TPSA) is 32.3 Å². The molecular formula is C16H22Cl2N2O. The third-order valence-electron chi connectivity index (χ3n) is 3.90. The van der Waals surface area contributed by atoms with Gasteiger partial charge in [-0.2, -0.15) is 0 Å². The standard InChI is InChI=1S/C16H22Cl2N2O/c1-2-3-4-16(21)20(14-7-8-19-10-14)11-12-5-6-13(17)9-15(12)18/h5-6,9,14,19H,2-4,7-8,10-11H2,1H3/t14-/m0/s1. The molecule has 1 fully saturated rings. The number of unbranched alkanes of at least 4 members (excludes halogenated alkanes) is 1. The Morgan fingerprint density at radius 1 is 1.43 bits per heavy atom. The van der Waals surface area contributed by atoms with Crippen molar-refractivity contribution in [2.75, 3.05) is 13.1 Å². The Labute approximate surface area is 136 Å². The van der Waals surface area contributed by atoms with Gasteiger partial charge in [-0.1, -0.05) is 42.6 Å². The van der Waals surface area contributed by atoms with Crippen molar-refractivity contribution in [3.63, 3.8) is 0 Å². The fourth-order valence-corrected chi connectivity index (χ4v) is 3.10. The van der Waals surface area contributed by atoms with Crippen LogP contribution in [0.4, 0.5) is 0 Å². The maximum absolute atomic E-state index is 12.5. The Hall–Kier alpha value is -0.770. The number of rotatable bonds is 6. The quantitative estimate of drug-likeness (QED) is 0.859. The van der Waals surface area contributed by atoms with Gasteiger partial charge in [0.25, 0.3) is 0 Å². The molecule has 1 N–H and O–H groups in total. The van der Waals surface area contributed by atoms with Gasteiger partial charge in [0.05, 0.1) is 0 Å². The molecule has 21 heavy (non-hydrogen) atoms. The second kappa shape index (κ2) is 8.02. The van der Waals surface area contributed by atoms with Crippen molar-refractivity contribution >= 4 is 29.1 Å². The SMILES string of the molecule is CCCCC(=O)N(Cc1ccc(Cl)cc1Cl)[C@H]1CCNC1. The van der Waals surface area contributed by atoms with E-state index in [1.165, 1.54) is 0 Å². The highest BCUT2D eigenvalue weighted by Crippen LogP contribution is 2.24. The van der Waals surface area contributed by atoms with Gasteiger partial charge in [-0.05, 0) is 37.1 Å². The first-order chi connectivity index (χ1) is 10.1. The summed E-state index contributed by atoms with van der Waals surface area (Å²) in [6.45, 7) is 4.50. The van der Waals surface area contributed by atoms with Crippen LogP contribution in [0.25, 0.3) is 0 Å². The zero-order valence-electron chi connectivity index (χ0n) is 12.4. The molecule has 0 spiro atoms. The van der Waals surface area contributed by atoms with Crippen molar-refractivity contribution in [2.24, 2.45) is 0 Å². The Kier molecular flexibility index (Phi) is 6.34. The van der Waals surface area contributed by atoms with Gasteiger partial charge in [-0.25, -0.2) is 0 Å². The normalized spacial score (nSPS) is 18.0. The molecule has 0 saturated carbocycles. The van der Waals surface area contributed by atoms with E-state index in [4.69, 9.17) is 23.2 Å². The maximum atomic E-state index is 12.5. The maximum Gasteiger partial charge on any atom is 0.223 e. The molecule has 1 aliphatic rings. The lowest BCUT2D eigenvalue weighted by Crippen LogP contribution is -2.41. The van der Waals surface area contributed by atoms with Crippen LogP contribution in [0.3, 0.4) is 0 Å². The average molecular weight is 329 g/mol. The van der Waals surface area contributed by atoms with Crippen LogP contribution in [-0.2, 0) is 11.3 Å². The van der Waals surface area contributed by atoms with Gasteiger partial charge in [0.2, 0.25) is 5.91 Å². The molecule has 1 saturated heterocycles. The van der Waals surface area contributed by atoms with Crippen molar-refractivity contribution in [1.82, 2.24) is 10.2 Å². The minimum Gasteiger partial charge on any atom is -0.334 e. The lowest BCUT2D eigenvalue weighted by Gasteiger charge is -2.29. The summed E-state index contributed by atoms with van der Waals surface area (Å²) in [5, 5.41) is 4.57. The zero-order chi connectivity index (χ0) is 15.2. The molecule has 1 aromatic carbocycles. The summed E-state index contributed by atoms with van der Waals surface area (Å²) in [7, 11) is 0. The average Bonchev–Trinajstić information content (AvgIpc) is 2.98. The first-order valence-electron chi connectivity index (χ1n) is 7.56. The van der Waals surface area contributed by atoms with Gasteiger partial charge in [0.15, 0.2) is 0 Å². The van der Waals surface area contributed by atoms with Crippen LogP contribution >= 0.6 is 23.2 Å². The van der Waals surface area contributed by atoms with Gasteiger partial charge in [-0.15, -0.1) is 0 Å². The highest BCUT2D eigenvalue weighted by Gasteiger charge is 2.26. The van der Waals surface area contributed by atoms with Crippen LogP contribution in [0.1, 0.15) is 38.2 Å². The molecule has 1 amide bonds. The first kappa shape index (κ1) is 16.6. The van der Waals surface area contributed by atoms with E-state index >= 15 is 0 Å². The van der Waals surface area contributed by atoms with E-state index in [0.29, 0.717) is 23.0 Å². The Balaban J connectivity index is 2.12. The monoisotopic (exact) mass is 328 g/mol. The number of amides is 1. The largest absolute Gasteiger partial charge is 0.334 e.